The van der Waals surface area contributed by atoms with Gasteiger partial charge in [0.25, 0.3) is 5.56 Å². The van der Waals surface area contributed by atoms with Crippen LogP contribution in [0.5, 0.6) is 0 Å². The minimum atomic E-state index is -0.218. The maximum absolute atomic E-state index is 11.4. The molecule has 0 unspecified atom stereocenters. The summed E-state index contributed by atoms with van der Waals surface area (Å²) in [5.41, 5.74) is 6.91. The molecule has 0 fully saturated rings. The Balaban J connectivity index is 1.85. The Morgan fingerprint density at radius 3 is 2.67 bits per heavy atom. The fourth-order valence-electron chi connectivity index (χ4n) is 2.45. The van der Waals surface area contributed by atoms with E-state index in [1.165, 1.54) is 6.07 Å². The SMILES string of the molecule is Cc1cc(=O)[nH]c(N/N=C\c2c(C)nn(-c3ccccc3)c2C)n1. The Bertz CT molecular complexity index is 939. The first kappa shape index (κ1) is 15.7. The van der Waals surface area contributed by atoms with E-state index < -0.39 is 0 Å². The van der Waals surface area contributed by atoms with Crippen LogP contribution in [0, 0.1) is 20.8 Å². The summed E-state index contributed by atoms with van der Waals surface area (Å²) in [5.74, 6) is 0.307. The van der Waals surface area contributed by atoms with Gasteiger partial charge in [-0.3, -0.25) is 9.78 Å². The van der Waals surface area contributed by atoms with Crippen molar-refractivity contribution in [1.29, 1.82) is 0 Å². The van der Waals surface area contributed by atoms with Crippen LogP contribution in [0.2, 0.25) is 0 Å². The molecule has 0 aliphatic heterocycles. The maximum atomic E-state index is 11.4. The molecule has 0 bridgehead atoms. The molecule has 0 saturated carbocycles. The topological polar surface area (TPSA) is 88.0 Å². The standard InChI is InChI=1S/C17H18N6O/c1-11-9-16(24)20-17(19-11)21-18-10-15-12(2)22-23(13(15)3)14-7-5-4-6-8-14/h4-10H,1-3H3,(H2,19,20,21,24)/b18-10-. The number of rotatable bonds is 4. The lowest BCUT2D eigenvalue weighted by Gasteiger charge is -2.03. The zero-order chi connectivity index (χ0) is 17.1. The van der Waals surface area contributed by atoms with E-state index in [1.54, 1.807) is 13.1 Å². The van der Waals surface area contributed by atoms with E-state index in [1.807, 2.05) is 48.9 Å². The average molecular weight is 322 g/mol. The van der Waals surface area contributed by atoms with Crippen molar-refractivity contribution in [3.8, 4) is 5.69 Å². The van der Waals surface area contributed by atoms with Crippen molar-refractivity contribution in [1.82, 2.24) is 19.7 Å². The fraction of sp³-hybridized carbons (Fsp3) is 0.176. The molecule has 0 spiro atoms. The van der Waals surface area contributed by atoms with Gasteiger partial charge in [0.15, 0.2) is 0 Å². The molecular weight excluding hydrogens is 304 g/mol. The highest BCUT2D eigenvalue weighted by molar-refractivity contribution is 5.83. The van der Waals surface area contributed by atoms with Crippen LogP contribution in [0.1, 0.15) is 22.6 Å². The Morgan fingerprint density at radius 2 is 1.96 bits per heavy atom. The van der Waals surface area contributed by atoms with Crippen LogP contribution in [0.15, 0.2) is 46.3 Å². The number of nitrogens with zero attached hydrogens (tertiary/aromatic N) is 4. The Morgan fingerprint density at radius 1 is 1.21 bits per heavy atom. The van der Waals surface area contributed by atoms with Crippen LogP contribution >= 0.6 is 0 Å². The predicted molar refractivity (Wildman–Crippen MR) is 93.8 cm³/mol. The van der Waals surface area contributed by atoms with Crippen LogP contribution in [-0.2, 0) is 0 Å². The number of hydrazone groups is 1. The molecule has 2 aromatic heterocycles. The number of aryl methyl sites for hydroxylation is 2. The van der Waals surface area contributed by atoms with Crippen molar-refractivity contribution >= 4 is 12.2 Å². The largest absolute Gasteiger partial charge is 0.291 e. The Kier molecular flexibility index (Phi) is 4.24. The van der Waals surface area contributed by atoms with E-state index in [9.17, 15) is 4.79 Å². The van der Waals surface area contributed by atoms with E-state index in [-0.39, 0.29) is 5.56 Å². The van der Waals surface area contributed by atoms with Crippen molar-refractivity contribution < 1.29 is 0 Å². The molecule has 0 aliphatic carbocycles. The fourth-order valence-corrected chi connectivity index (χ4v) is 2.45. The van der Waals surface area contributed by atoms with Crippen molar-refractivity contribution in [2.75, 3.05) is 5.43 Å². The van der Waals surface area contributed by atoms with Gasteiger partial charge in [-0.05, 0) is 32.9 Å². The van der Waals surface area contributed by atoms with Crippen molar-refractivity contribution in [2.45, 2.75) is 20.8 Å². The van der Waals surface area contributed by atoms with Crippen LogP contribution in [0.25, 0.3) is 5.69 Å². The highest BCUT2D eigenvalue weighted by Crippen LogP contribution is 2.16. The van der Waals surface area contributed by atoms with Gasteiger partial charge in [-0.2, -0.15) is 10.2 Å². The number of benzene rings is 1. The molecule has 24 heavy (non-hydrogen) atoms. The van der Waals surface area contributed by atoms with E-state index in [2.05, 4.69) is 25.6 Å². The second-order valence-electron chi connectivity index (χ2n) is 5.44. The summed E-state index contributed by atoms with van der Waals surface area (Å²) in [6, 6.07) is 11.3. The van der Waals surface area contributed by atoms with Gasteiger partial charge in [-0.1, -0.05) is 18.2 Å². The van der Waals surface area contributed by atoms with Crippen molar-refractivity contribution in [2.24, 2.45) is 5.10 Å². The first-order valence-corrected chi connectivity index (χ1v) is 7.53. The number of hydrogen-bond acceptors (Lipinski definition) is 5. The first-order valence-electron chi connectivity index (χ1n) is 7.53. The number of nitrogens with one attached hydrogen (secondary N) is 2. The number of aromatic nitrogens is 4. The number of anilines is 1. The zero-order valence-electron chi connectivity index (χ0n) is 13.7. The third-order valence-electron chi connectivity index (χ3n) is 3.58. The third kappa shape index (κ3) is 3.24. The Labute approximate surface area is 139 Å². The van der Waals surface area contributed by atoms with Gasteiger partial charge in [0.05, 0.1) is 23.3 Å². The molecule has 2 heterocycles. The lowest BCUT2D eigenvalue weighted by atomic mass is 10.2. The van der Waals surface area contributed by atoms with E-state index in [0.29, 0.717) is 11.6 Å². The molecule has 0 aliphatic rings. The summed E-state index contributed by atoms with van der Waals surface area (Å²) in [6.07, 6.45) is 1.68. The number of H-pyrrole nitrogens is 1. The smallest absolute Gasteiger partial charge is 0.252 e. The lowest BCUT2D eigenvalue weighted by molar-refractivity contribution is 0.833. The molecule has 122 valence electrons. The molecule has 1 aromatic carbocycles. The molecule has 2 N–H and O–H groups in total. The van der Waals surface area contributed by atoms with E-state index in [4.69, 9.17) is 0 Å². The molecule has 7 heteroatoms. The summed E-state index contributed by atoms with van der Waals surface area (Å²) >= 11 is 0. The zero-order valence-corrected chi connectivity index (χ0v) is 13.7. The van der Waals surface area contributed by atoms with Crippen LogP contribution < -0.4 is 11.0 Å². The van der Waals surface area contributed by atoms with Crippen LogP contribution in [-0.4, -0.2) is 26.0 Å². The predicted octanol–water partition coefficient (Wildman–Crippen LogP) is 2.33. The number of aromatic amines is 1. The highest BCUT2D eigenvalue weighted by atomic mass is 16.1. The van der Waals surface area contributed by atoms with Crippen LogP contribution in [0.4, 0.5) is 5.95 Å². The van der Waals surface area contributed by atoms with Crippen molar-refractivity contribution in [3.05, 3.63) is 69.4 Å². The molecule has 3 aromatic rings. The van der Waals surface area contributed by atoms with Gasteiger partial charge in [0, 0.05) is 17.3 Å². The van der Waals surface area contributed by atoms with E-state index >= 15 is 0 Å². The first-order chi connectivity index (χ1) is 11.5. The van der Waals surface area contributed by atoms with Gasteiger partial charge in [0.2, 0.25) is 5.95 Å². The van der Waals surface area contributed by atoms with E-state index in [0.717, 1.165) is 22.6 Å². The molecule has 0 atom stereocenters. The van der Waals surface area contributed by atoms with Gasteiger partial charge in [-0.15, -0.1) is 0 Å². The molecule has 0 amide bonds. The summed E-state index contributed by atoms with van der Waals surface area (Å²) in [6.45, 7) is 5.67. The van der Waals surface area contributed by atoms with Gasteiger partial charge in [0.1, 0.15) is 0 Å². The molecule has 3 rings (SSSR count). The summed E-state index contributed by atoms with van der Waals surface area (Å²) < 4.78 is 1.88. The Hall–Kier alpha value is -3.22. The second-order valence-corrected chi connectivity index (χ2v) is 5.44. The van der Waals surface area contributed by atoms with Crippen molar-refractivity contribution in [3.63, 3.8) is 0 Å². The number of hydrogen-bond donors (Lipinski definition) is 2. The monoisotopic (exact) mass is 322 g/mol. The third-order valence-corrected chi connectivity index (χ3v) is 3.58. The second kappa shape index (κ2) is 6.49. The summed E-state index contributed by atoms with van der Waals surface area (Å²) in [5, 5.41) is 8.72. The summed E-state index contributed by atoms with van der Waals surface area (Å²) in [7, 11) is 0. The maximum Gasteiger partial charge on any atom is 0.252 e. The van der Waals surface area contributed by atoms with Gasteiger partial charge < -0.3 is 0 Å². The minimum absolute atomic E-state index is 0.218. The number of para-hydroxylation sites is 1. The molecule has 7 nitrogen and oxygen atoms in total. The summed E-state index contributed by atoms with van der Waals surface area (Å²) in [4.78, 5) is 18.2. The molecule has 0 saturated heterocycles. The normalized spacial score (nSPS) is 11.1. The average Bonchev–Trinajstić information content (AvgIpc) is 2.83. The lowest BCUT2D eigenvalue weighted by Crippen LogP contribution is -2.10. The highest BCUT2D eigenvalue weighted by Gasteiger charge is 2.10. The quantitative estimate of drug-likeness (QED) is 0.570. The molecule has 0 radical (unpaired) electrons. The molecular formula is C17H18N6O. The van der Waals surface area contributed by atoms with Gasteiger partial charge >= 0.3 is 0 Å². The van der Waals surface area contributed by atoms with Gasteiger partial charge in [-0.25, -0.2) is 15.1 Å². The van der Waals surface area contributed by atoms with Crippen LogP contribution in [0.3, 0.4) is 0 Å². The minimum Gasteiger partial charge on any atom is -0.291 e.